The number of rotatable bonds is 13. The number of halogens is 4. The van der Waals surface area contributed by atoms with Gasteiger partial charge in [0.05, 0.1) is 31.3 Å². The largest absolute Gasteiger partial charge is 0.415 e. The van der Waals surface area contributed by atoms with Gasteiger partial charge in [-0.05, 0) is 68.2 Å². The lowest BCUT2D eigenvalue weighted by Crippen LogP contribution is -2.49. The van der Waals surface area contributed by atoms with Crippen molar-refractivity contribution in [2.75, 3.05) is 31.6 Å². The molecule has 9 nitrogen and oxygen atoms in total. The minimum absolute atomic E-state index is 0.0733. The van der Waals surface area contributed by atoms with Crippen LogP contribution in [-0.4, -0.2) is 84.4 Å². The Bertz CT molecular complexity index is 2130. The first-order chi connectivity index (χ1) is 26.2. The second-order valence-corrected chi connectivity index (χ2v) is 21.4. The first-order valence-corrected chi connectivity index (χ1v) is 22.0. The number of Topliss-reactive ketones (excluding diaryl/α,β-unsaturated/α-hetero) is 1. The molecule has 1 saturated heterocycles. The zero-order valence-electron chi connectivity index (χ0n) is 33.0. The van der Waals surface area contributed by atoms with Crippen LogP contribution < -0.4 is 5.32 Å². The standard InChI is InChI=1S/C42H50ClF3N4O5Si/c1-27(25-55-56(6,7)41(3,4)5)50(23-37(52)47-35-15-10-13-31(40(35)44)30-12-8-9-14-34(30)43)39(54)24-49-22-33(28(2)51)32-20-29(16-17-36(32)49)21-38(53)48-19-11-18-42(45,46)26-48/h8-10,12-17,20,22,27H,11,18-19,21,23-26H2,1-7H3,(H,47,52)/t27-/m1/s1. The molecule has 1 aliphatic rings. The van der Waals surface area contributed by atoms with Crippen LogP contribution >= 0.6 is 11.6 Å². The molecule has 1 atom stereocenters. The second kappa shape index (κ2) is 16.9. The first kappa shape index (κ1) is 42.7. The molecule has 0 saturated carbocycles. The number of alkyl halides is 2. The number of carbonyl (C=O) groups excluding carboxylic acids is 4. The number of ketones is 1. The van der Waals surface area contributed by atoms with Gasteiger partial charge in [-0.15, -0.1) is 0 Å². The summed E-state index contributed by atoms with van der Waals surface area (Å²) in [5, 5.41) is 3.38. The molecular weight excluding hydrogens is 761 g/mol. The van der Waals surface area contributed by atoms with Gasteiger partial charge in [-0.25, -0.2) is 13.2 Å². The van der Waals surface area contributed by atoms with Crippen LogP contribution in [0.5, 0.6) is 0 Å². The summed E-state index contributed by atoms with van der Waals surface area (Å²) in [7, 11) is -2.26. The summed E-state index contributed by atoms with van der Waals surface area (Å²) >= 11 is 6.34. The maximum absolute atomic E-state index is 15.8. The van der Waals surface area contributed by atoms with E-state index in [-0.39, 0.29) is 61.0 Å². The molecule has 5 rings (SSSR count). The van der Waals surface area contributed by atoms with Crippen molar-refractivity contribution in [3.8, 4) is 11.1 Å². The van der Waals surface area contributed by atoms with Gasteiger partial charge in [-0.1, -0.05) is 68.8 Å². The summed E-state index contributed by atoms with van der Waals surface area (Å²) in [6.45, 7) is 12.8. The number of aromatic nitrogens is 1. The zero-order chi connectivity index (χ0) is 41.2. The van der Waals surface area contributed by atoms with Crippen LogP contribution in [0.1, 0.15) is 63.4 Å². The van der Waals surface area contributed by atoms with Gasteiger partial charge in [0.2, 0.25) is 17.7 Å². The van der Waals surface area contributed by atoms with Crippen LogP contribution in [0.3, 0.4) is 0 Å². The third kappa shape index (κ3) is 9.91. The van der Waals surface area contributed by atoms with Crippen molar-refractivity contribution in [1.82, 2.24) is 14.4 Å². The number of carbonyl (C=O) groups is 4. The minimum Gasteiger partial charge on any atom is -0.415 e. The van der Waals surface area contributed by atoms with Gasteiger partial charge in [0.1, 0.15) is 13.1 Å². The number of anilines is 1. The van der Waals surface area contributed by atoms with Gasteiger partial charge in [-0.3, -0.25) is 19.2 Å². The fourth-order valence-corrected chi connectivity index (χ4v) is 7.88. The molecule has 3 aromatic carbocycles. The fraction of sp³-hybridized carbons (Fsp3) is 0.429. The number of fused-ring (bicyclic) bond motifs is 1. The molecule has 0 aliphatic carbocycles. The maximum Gasteiger partial charge on any atom is 0.265 e. The van der Waals surface area contributed by atoms with Crippen molar-refractivity contribution in [2.45, 2.75) is 90.5 Å². The Morgan fingerprint density at radius 2 is 1.73 bits per heavy atom. The number of amides is 3. The first-order valence-electron chi connectivity index (χ1n) is 18.7. The predicted octanol–water partition coefficient (Wildman–Crippen LogP) is 8.98. The number of hydrogen-bond acceptors (Lipinski definition) is 5. The average molecular weight is 811 g/mol. The third-order valence-electron chi connectivity index (χ3n) is 10.8. The SMILES string of the molecule is CC(=O)c1cn(CC(=O)N(CC(=O)Nc2cccc(-c3ccccc3Cl)c2F)[C@H](C)CO[Si](C)(C)C(C)(C)C)c2ccc(CC(=O)N3CCCC(F)(F)C3)cc12. The smallest absolute Gasteiger partial charge is 0.265 e. The van der Waals surface area contributed by atoms with Crippen molar-refractivity contribution in [2.24, 2.45) is 0 Å². The van der Waals surface area contributed by atoms with E-state index in [1.807, 2.05) is 0 Å². The summed E-state index contributed by atoms with van der Waals surface area (Å²) < 4.78 is 51.9. The summed E-state index contributed by atoms with van der Waals surface area (Å²) in [5.41, 5.74) is 2.00. The molecule has 4 aromatic rings. The Morgan fingerprint density at radius 3 is 2.39 bits per heavy atom. The van der Waals surface area contributed by atoms with Crippen LogP contribution in [-0.2, 0) is 31.8 Å². The van der Waals surface area contributed by atoms with Crippen molar-refractivity contribution in [3.05, 3.63) is 88.8 Å². The highest BCUT2D eigenvalue weighted by atomic mass is 35.5. The van der Waals surface area contributed by atoms with Crippen LogP contribution in [0.15, 0.2) is 66.9 Å². The van der Waals surface area contributed by atoms with E-state index in [0.717, 1.165) is 0 Å². The number of benzene rings is 3. The second-order valence-electron chi connectivity index (χ2n) is 16.2. The lowest BCUT2D eigenvalue weighted by Gasteiger charge is -2.38. The molecule has 0 radical (unpaired) electrons. The third-order valence-corrected chi connectivity index (χ3v) is 15.7. The zero-order valence-corrected chi connectivity index (χ0v) is 34.7. The maximum atomic E-state index is 15.8. The topological polar surface area (TPSA) is 101 Å². The molecule has 3 amide bonds. The van der Waals surface area contributed by atoms with Crippen molar-refractivity contribution in [3.63, 3.8) is 0 Å². The van der Waals surface area contributed by atoms with Gasteiger partial charge < -0.3 is 24.1 Å². The van der Waals surface area contributed by atoms with Crippen LogP contribution in [0.2, 0.25) is 23.2 Å². The van der Waals surface area contributed by atoms with Gasteiger partial charge in [0.15, 0.2) is 19.9 Å². The molecule has 0 unspecified atom stereocenters. The quantitative estimate of drug-likeness (QED) is 0.107. The van der Waals surface area contributed by atoms with Gasteiger partial charge in [0, 0.05) is 51.8 Å². The number of piperidine rings is 1. The van der Waals surface area contributed by atoms with E-state index < -0.39 is 56.9 Å². The molecule has 1 N–H and O–H groups in total. The van der Waals surface area contributed by atoms with Gasteiger partial charge in [0.25, 0.3) is 5.92 Å². The average Bonchev–Trinajstić information content (AvgIpc) is 3.47. The molecule has 14 heteroatoms. The van der Waals surface area contributed by atoms with Crippen LogP contribution in [0.25, 0.3) is 22.0 Å². The molecule has 1 aliphatic heterocycles. The molecule has 2 heterocycles. The Labute approximate surface area is 332 Å². The molecule has 0 bridgehead atoms. The number of likely N-dealkylation sites (tertiary alicyclic amines) is 1. The highest BCUT2D eigenvalue weighted by molar-refractivity contribution is 6.74. The summed E-state index contributed by atoms with van der Waals surface area (Å²) in [4.78, 5) is 56.3. The van der Waals surface area contributed by atoms with E-state index >= 15 is 4.39 Å². The van der Waals surface area contributed by atoms with E-state index in [9.17, 15) is 28.0 Å². The van der Waals surface area contributed by atoms with Gasteiger partial charge >= 0.3 is 0 Å². The monoisotopic (exact) mass is 810 g/mol. The van der Waals surface area contributed by atoms with Crippen molar-refractivity contribution < 1.29 is 36.8 Å². The summed E-state index contributed by atoms with van der Waals surface area (Å²) in [6.07, 6.45) is 1.41. The molecule has 1 fully saturated rings. The number of nitrogens with one attached hydrogen (secondary N) is 1. The molecular formula is C42H50ClF3N4O5Si. The fourth-order valence-electron chi connectivity index (χ4n) is 6.55. The minimum atomic E-state index is -2.93. The normalized spacial score (nSPS) is 15.1. The summed E-state index contributed by atoms with van der Waals surface area (Å²) in [6, 6.07) is 15.9. The molecule has 300 valence electrons. The van der Waals surface area contributed by atoms with Crippen LogP contribution in [0, 0.1) is 5.82 Å². The van der Waals surface area contributed by atoms with E-state index in [1.54, 1.807) is 72.3 Å². The Kier molecular flexibility index (Phi) is 12.9. The van der Waals surface area contributed by atoms with Crippen molar-refractivity contribution in [1.29, 1.82) is 0 Å². The highest BCUT2D eigenvalue weighted by Crippen LogP contribution is 2.37. The van der Waals surface area contributed by atoms with E-state index in [1.165, 1.54) is 22.8 Å². The van der Waals surface area contributed by atoms with Crippen molar-refractivity contribution >= 4 is 60.0 Å². The Balaban J connectivity index is 1.40. The molecule has 1 aromatic heterocycles. The Morgan fingerprint density at radius 1 is 1.04 bits per heavy atom. The molecule has 0 spiro atoms. The van der Waals surface area contributed by atoms with E-state index in [0.29, 0.717) is 32.6 Å². The summed E-state index contributed by atoms with van der Waals surface area (Å²) in [5.74, 6) is -5.38. The van der Waals surface area contributed by atoms with E-state index in [4.69, 9.17) is 16.0 Å². The van der Waals surface area contributed by atoms with Crippen LogP contribution in [0.4, 0.5) is 18.9 Å². The van der Waals surface area contributed by atoms with Gasteiger partial charge in [-0.2, -0.15) is 0 Å². The number of nitrogens with zero attached hydrogens (tertiary/aromatic N) is 3. The lowest BCUT2D eigenvalue weighted by molar-refractivity contribution is -0.140. The number of hydrogen-bond donors (Lipinski definition) is 1. The predicted molar refractivity (Wildman–Crippen MR) is 216 cm³/mol. The Hall–Kier alpha value is -4.46. The van der Waals surface area contributed by atoms with E-state index in [2.05, 4.69) is 39.2 Å². The highest BCUT2D eigenvalue weighted by Gasteiger charge is 2.39. The molecule has 56 heavy (non-hydrogen) atoms. The lowest BCUT2D eigenvalue weighted by atomic mass is 10.0.